The van der Waals surface area contributed by atoms with Crippen LogP contribution in [0.4, 0.5) is 0 Å². The molecule has 0 aromatic rings. The second kappa shape index (κ2) is 23.3. The Kier molecular flexibility index (Phi) is 102. The van der Waals surface area contributed by atoms with Crippen LogP contribution in [0.15, 0.2) is 0 Å². The van der Waals surface area contributed by atoms with E-state index >= 15 is 0 Å². The Hall–Kier alpha value is 1.60. The summed E-state index contributed by atoms with van der Waals surface area (Å²) < 4.78 is 0. The van der Waals surface area contributed by atoms with Gasteiger partial charge in [0.25, 0.3) is 0 Å². The first kappa shape index (κ1) is 17.5. The molecule has 2 nitrogen and oxygen atoms in total. The zero-order chi connectivity index (χ0) is 2.00. The van der Waals surface area contributed by atoms with Gasteiger partial charge in [-0.1, -0.05) is 5.59 Å². The normalized spacial score (nSPS) is 1.00. The van der Waals surface area contributed by atoms with Gasteiger partial charge in [0.15, 0.2) is 0 Å². The second-order valence-electron chi connectivity index (χ2n) is 0. The van der Waals surface area contributed by atoms with Crippen molar-refractivity contribution in [3.8, 4) is 0 Å². The first-order chi connectivity index (χ1) is 1.00. The van der Waals surface area contributed by atoms with E-state index in [4.69, 9.17) is 4.91 Å². The molecule has 0 radical (unpaired) electrons. The van der Waals surface area contributed by atoms with Crippen LogP contribution in [0, 0.1) is 10.5 Å². The summed E-state index contributed by atoms with van der Waals surface area (Å²) in [5, 5.41) is 0. The molecule has 16 valence electrons. The van der Waals surface area contributed by atoms with Crippen LogP contribution in [0.3, 0.4) is 0 Å². The van der Waals surface area contributed by atoms with Gasteiger partial charge in [-0.15, -0.1) is 0 Å². The molecule has 0 amide bonds. The van der Waals surface area contributed by atoms with Crippen molar-refractivity contribution in [3.05, 3.63) is 4.91 Å². The van der Waals surface area contributed by atoms with Gasteiger partial charge in [0.2, 0.25) is 0 Å². The van der Waals surface area contributed by atoms with E-state index in [1.165, 1.54) is 0 Å². The van der Waals surface area contributed by atoms with Crippen molar-refractivity contribution in [2.24, 2.45) is 0 Å². The Morgan fingerprint density at radius 1 is 1.00 bits per heavy atom. The van der Waals surface area contributed by atoms with Gasteiger partial charge < -0.3 is 0 Å². The van der Waals surface area contributed by atoms with Crippen molar-refractivity contribution < 1.29 is 0 Å². The van der Waals surface area contributed by atoms with Crippen LogP contribution in [-0.2, 0) is 0 Å². The van der Waals surface area contributed by atoms with E-state index < -0.39 is 0 Å². The van der Waals surface area contributed by atoms with Crippen molar-refractivity contribution in [1.29, 1.82) is 5.59 Å². The zero-order valence-corrected chi connectivity index (χ0v) is 0.908. The van der Waals surface area contributed by atoms with E-state index in [1.807, 2.05) is 0 Å². The minimum atomic E-state index is 0. The molecule has 0 fully saturated rings. The summed E-state index contributed by atoms with van der Waals surface area (Å²) in [5.41, 5.74) is 4.50. The summed E-state index contributed by atoms with van der Waals surface area (Å²) in [7, 11) is 0. The minimum absolute atomic E-state index is 0. The molecule has 0 bridgehead atoms. The number of hydrogen-bond acceptors (Lipinski definition) is 2. The Morgan fingerprint density at radius 3 is 1.00 bits per heavy atom. The molecule has 0 heterocycles. The van der Waals surface area contributed by atoms with Gasteiger partial charge in [-0.3, -0.25) is 0 Å². The SMILES string of the molecule is N=O.[NaH].[NaH]. The fraction of sp³-hybridized carbons (Fsp3) is 0. The molecular formula is H3NNa2O. The van der Waals surface area contributed by atoms with E-state index in [2.05, 4.69) is 5.59 Å². The molecule has 0 aliphatic carbocycles. The van der Waals surface area contributed by atoms with E-state index in [-0.39, 0.29) is 59.1 Å². The van der Waals surface area contributed by atoms with Crippen molar-refractivity contribution in [3.63, 3.8) is 0 Å². The van der Waals surface area contributed by atoms with Gasteiger partial charge >= 0.3 is 59.1 Å². The molecule has 4 heteroatoms. The quantitative estimate of drug-likeness (QED) is 0.294. The summed E-state index contributed by atoms with van der Waals surface area (Å²) in [6.45, 7) is 0. The van der Waals surface area contributed by atoms with Crippen LogP contribution in [-0.4, -0.2) is 59.1 Å². The van der Waals surface area contributed by atoms with Gasteiger partial charge in [0, 0.05) is 0 Å². The van der Waals surface area contributed by atoms with Gasteiger partial charge in [0.1, 0.15) is 0 Å². The summed E-state index contributed by atoms with van der Waals surface area (Å²) >= 11 is 0. The van der Waals surface area contributed by atoms with Gasteiger partial charge in [0.05, 0.1) is 0 Å². The van der Waals surface area contributed by atoms with E-state index in [1.54, 1.807) is 0 Å². The van der Waals surface area contributed by atoms with Crippen molar-refractivity contribution in [2.45, 2.75) is 0 Å². The molecular weight excluding hydrogens is 76.0 g/mol. The fourth-order valence-corrected chi connectivity index (χ4v) is 0. The molecule has 1 N–H and O–H groups in total. The first-order valence-corrected chi connectivity index (χ1v) is 0.204. The van der Waals surface area contributed by atoms with E-state index in [0.717, 1.165) is 0 Å². The zero-order valence-electron chi connectivity index (χ0n) is 0.908. The first-order valence-electron chi connectivity index (χ1n) is 0.204. The molecule has 0 aromatic carbocycles. The van der Waals surface area contributed by atoms with Crippen LogP contribution >= 0.6 is 0 Å². The molecule has 4 heavy (non-hydrogen) atoms. The van der Waals surface area contributed by atoms with E-state index in [0.29, 0.717) is 0 Å². The van der Waals surface area contributed by atoms with Crippen LogP contribution in [0.25, 0.3) is 0 Å². The fourth-order valence-electron chi connectivity index (χ4n) is 0. The van der Waals surface area contributed by atoms with Crippen LogP contribution < -0.4 is 0 Å². The maximum atomic E-state index is 7.50. The molecule has 0 unspecified atom stereocenters. The number of nitrogens with one attached hydrogen (secondary N) is 1. The Balaban J connectivity index is -0.00000000500. The van der Waals surface area contributed by atoms with Crippen molar-refractivity contribution in [2.75, 3.05) is 0 Å². The Bertz CT molecular complexity index is 6.00. The molecule has 0 saturated heterocycles. The summed E-state index contributed by atoms with van der Waals surface area (Å²) in [4.78, 5) is 7.50. The van der Waals surface area contributed by atoms with Crippen LogP contribution in [0.1, 0.15) is 0 Å². The van der Waals surface area contributed by atoms with Gasteiger partial charge in [-0.05, 0) is 0 Å². The number of rotatable bonds is 0. The Labute approximate surface area is 68.7 Å². The average molecular weight is 79.0 g/mol. The molecule has 0 aromatic heterocycles. The van der Waals surface area contributed by atoms with Crippen molar-refractivity contribution in [1.82, 2.24) is 0 Å². The number of nitroso groups, excluding NO2 is 1. The monoisotopic (exact) mass is 79.0 g/mol. The van der Waals surface area contributed by atoms with Gasteiger partial charge in [-0.2, -0.15) is 4.91 Å². The summed E-state index contributed by atoms with van der Waals surface area (Å²) in [6, 6.07) is 0. The molecule has 0 aliphatic heterocycles. The topological polar surface area (TPSA) is 40.9 Å². The van der Waals surface area contributed by atoms with Crippen LogP contribution in [0.5, 0.6) is 0 Å². The predicted molar refractivity (Wildman–Crippen MR) is 20.4 cm³/mol. The van der Waals surface area contributed by atoms with Crippen LogP contribution in [0.2, 0.25) is 0 Å². The third-order valence-electron chi connectivity index (χ3n) is 0. The summed E-state index contributed by atoms with van der Waals surface area (Å²) in [6.07, 6.45) is 0. The molecule has 0 rings (SSSR count). The molecule has 0 atom stereocenters. The third-order valence-corrected chi connectivity index (χ3v) is 0. The summed E-state index contributed by atoms with van der Waals surface area (Å²) in [5.74, 6) is 0. The van der Waals surface area contributed by atoms with E-state index in [9.17, 15) is 0 Å². The third kappa shape index (κ3) is 9.51. The molecule has 0 saturated carbocycles. The average Bonchev–Trinajstić information content (AvgIpc) is 1.00. The standard InChI is InChI=1S/HNO.2Na.2H/c1-2;;;;/h1H;;;;. The van der Waals surface area contributed by atoms with Gasteiger partial charge in [-0.25, -0.2) is 0 Å². The maximum absolute atomic E-state index is 7.50. The van der Waals surface area contributed by atoms with Crippen molar-refractivity contribution >= 4 is 59.1 Å². The number of hydrogen-bond donors (Lipinski definition) is 1. The molecule has 0 aliphatic rings. The molecule has 0 spiro atoms. The second-order valence-corrected chi connectivity index (χ2v) is 0. The predicted octanol–water partition coefficient (Wildman–Crippen LogP) is -0.965. The Morgan fingerprint density at radius 2 is 1.00 bits per heavy atom.